The number of aromatic nitrogens is 1. The van der Waals surface area contributed by atoms with E-state index in [-0.39, 0.29) is 11.5 Å². The molecule has 1 aromatic carbocycles. The van der Waals surface area contributed by atoms with Crippen LogP contribution in [-0.2, 0) is 6.54 Å². The summed E-state index contributed by atoms with van der Waals surface area (Å²) in [6.45, 7) is 3.14. The molecule has 0 amide bonds. The lowest BCUT2D eigenvalue weighted by atomic mass is 9.93. The van der Waals surface area contributed by atoms with Gasteiger partial charge >= 0.3 is 0 Å². The number of nitrogen functional groups attached to an aromatic ring is 1. The molecule has 0 saturated heterocycles. The maximum atomic E-state index is 12.4. The van der Waals surface area contributed by atoms with Crippen LogP contribution in [0.4, 0.5) is 5.69 Å². The summed E-state index contributed by atoms with van der Waals surface area (Å²) >= 11 is 3.34. The second-order valence-electron chi connectivity index (χ2n) is 5.35. The molecule has 0 fully saturated rings. The number of hydrogen-bond acceptors (Lipinski definition) is 3. The zero-order chi connectivity index (χ0) is 15.0. The number of benzene rings is 1. The van der Waals surface area contributed by atoms with Gasteiger partial charge < -0.3 is 15.0 Å². The van der Waals surface area contributed by atoms with Crippen molar-refractivity contribution in [1.29, 1.82) is 0 Å². The van der Waals surface area contributed by atoms with Crippen LogP contribution in [0.1, 0.15) is 23.5 Å². The average molecular weight is 349 g/mol. The number of halogens is 1. The van der Waals surface area contributed by atoms with Crippen LogP contribution in [0.25, 0.3) is 0 Å². The van der Waals surface area contributed by atoms with E-state index in [1.807, 2.05) is 25.1 Å². The minimum Gasteiger partial charge on any atom is -0.493 e. The van der Waals surface area contributed by atoms with E-state index in [4.69, 9.17) is 10.5 Å². The van der Waals surface area contributed by atoms with Gasteiger partial charge in [0.2, 0.25) is 0 Å². The second-order valence-corrected chi connectivity index (χ2v) is 6.15. The Balaban J connectivity index is 1.98. The minimum absolute atomic E-state index is 0.0364. The van der Waals surface area contributed by atoms with E-state index in [1.165, 1.54) is 0 Å². The smallest absolute Gasteiger partial charge is 0.265 e. The molecule has 1 atom stereocenters. The summed E-state index contributed by atoms with van der Waals surface area (Å²) < 4.78 is 7.90. The predicted molar refractivity (Wildman–Crippen MR) is 86.8 cm³/mol. The first-order chi connectivity index (χ1) is 10.1. The molecule has 2 N–H and O–H groups in total. The summed E-state index contributed by atoms with van der Waals surface area (Å²) in [7, 11) is 0. The van der Waals surface area contributed by atoms with Gasteiger partial charge in [-0.3, -0.25) is 4.79 Å². The number of rotatable bonds is 2. The molecule has 3 rings (SSSR count). The van der Waals surface area contributed by atoms with Crippen molar-refractivity contribution in [3.8, 4) is 5.75 Å². The summed E-state index contributed by atoms with van der Waals surface area (Å²) in [5, 5.41) is 0. The van der Waals surface area contributed by atoms with Gasteiger partial charge in [-0.25, -0.2) is 0 Å². The summed E-state index contributed by atoms with van der Waals surface area (Å²) in [6, 6.07) is 8.01. The Labute approximate surface area is 131 Å². The third-order valence-electron chi connectivity index (χ3n) is 4.01. The number of nitrogens with two attached hydrogens (primary N) is 1. The topological polar surface area (TPSA) is 57.2 Å². The zero-order valence-corrected chi connectivity index (χ0v) is 13.4. The van der Waals surface area contributed by atoms with Crippen molar-refractivity contribution < 1.29 is 4.74 Å². The van der Waals surface area contributed by atoms with E-state index in [2.05, 4.69) is 22.0 Å². The fraction of sp³-hybridized carbons (Fsp3) is 0.312. The highest BCUT2D eigenvalue weighted by Crippen LogP contribution is 2.34. The number of fused-ring (bicyclic) bond motifs is 1. The standard InChI is InChI=1S/C16H17BrN2O2/c1-10-13(18)9-19(16(20)15(10)17)8-11-6-7-21-14-5-3-2-4-12(11)14/h2-5,9,11H,6-8,18H2,1H3. The van der Waals surface area contributed by atoms with Gasteiger partial charge in [-0.1, -0.05) is 18.2 Å². The minimum atomic E-state index is -0.0364. The SMILES string of the molecule is Cc1c(N)cn(CC2CCOc3ccccc32)c(=O)c1Br. The van der Waals surface area contributed by atoms with Crippen molar-refractivity contribution in [2.24, 2.45) is 0 Å². The molecule has 1 aliphatic rings. The Hall–Kier alpha value is -1.75. The molecule has 1 unspecified atom stereocenters. The van der Waals surface area contributed by atoms with E-state index >= 15 is 0 Å². The number of ether oxygens (including phenoxy) is 1. The average Bonchev–Trinajstić information content (AvgIpc) is 2.51. The molecule has 2 heterocycles. The molecule has 0 radical (unpaired) electrons. The highest BCUT2D eigenvalue weighted by atomic mass is 79.9. The predicted octanol–water partition coefficient (Wildman–Crippen LogP) is 3.07. The molecule has 0 saturated carbocycles. The quantitative estimate of drug-likeness (QED) is 0.907. The van der Waals surface area contributed by atoms with Crippen molar-refractivity contribution in [2.45, 2.75) is 25.8 Å². The lowest BCUT2D eigenvalue weighted by Crippen LogP contribution is -2.27. The van der Waals surface area contributed by atoms with Gasteiger partial charge in [0.05, 0.1) is 16.8 Å². The van der Waals surface area contributed by atoms with Gasteiger partial charge in [0.15, 0.2) is 0 Å². The second kappa shape index (κ2) is 5.56. The van der Waals surface area contributed by atoms with Crippen LogP contribution in [0, 0.1) is 6.92 Å². The first-order valence-electron chi connectivity index (χ1n) is 6.94. The van der Waals surface area contributed by atoms with Crippen molar-refractivity contribution in [3.05, 3.63) is 56.4 Å². The van der Waals surface area contributed by atoms with Crippen LogP contribution in [0.5, 0.6) is 5.75 Å². The monoisotopic (exact) mass is 348 g/mol. The van der Waals surface area contributed by atoms with Crippen LogP contribution in [0.15, 0.2) is 39.7 Å². The number of anilines is 1. The Kier molecular flexibility index (Phi) is 3.76. The molecular formula is C16H17BrN2O2. The van der Waals surface area contributed by atoms with Gasteiger partial charge in [-0.05, 0) is 46.5 Å². The zero-order valence-electron chi connectivity index (χ0n) is 11.8. The first kappa shape index (κ1) is 14.2. The van der Waals surface area contributed by atoms with Gasteiger partial charge in [0.1, 0.15) is 5.75 Å². The lowest BCUT2D eigenvalue weighted by molar-refractivity contribution is 0.258. The molecular weight excluding hydrogens is 332 g/mol. The van der Waals surface area contributed by atoms with Gasteiger partial charge in [0.25, 0.3) is 5.56 Å². The third-order valence-corrected chi connectivity index (χ3v) is 4.94. The van der Waals surface area contributed by atoms with E-state index < -0.39 is 0 Å². The molecule has 2 aromatic rings. The van der Waals surface area contributed by atoms with E-state index in [9.17, 15) is 4.79 Å². The molecule has 0 bridgehead atoms. The molecule has 5 heteroatoms. The van der Waals surface area contributed by atoms with Crippen LogP contribution >= 0.6 is 15.9 Å². The fourth-order valence-corrected chi connectivity index (χ4v) is 3.17. The Morgan fingerprint density at radius 3 is 3.00 bits per heavy atom. The number of para-hydroxylation sites is 1. The normalized spacial score (nSPS) is 17.1. The maximum absolute atomic E-state index is 12.4. The largest absolute Gasteiger partial charge is 0.493 e. The highest BCUT2D eigenvalue weighted by Gasteiger charge is 2.22. The lowest BCUT2D eigenvalue weighted by Gasteiger charge is -2.26. The Morgan fingerprint density at radius 2 is 2.19 bits per heavy atom. The molecule has 1 aromatic heterocycles. The number of pyridine rings is 1. The molecule has 4 nitrogen and oxygen atoms in total. The molecule has 110 valence electrons. The highest BCUT2D eigenvalue weighted by molar-refractivity contribution is 9.10. The molecule has 1 aliphatic heterocycles. The van der Waals surface area contributed by atoms with Crippen LogP contribution in [-0.4, -0.2) is 11.2 Å². The summed E-state index contributed by atoms with van der Waals surface area (Å²) in [6.07, 6.45) is 2.63. The number of hydrogen-bond donors (Lipinski definition) is 1. The third kappa shape index (κ3) is 2.58. The Morgan fingerprint density at radius 1 is 1.43 bits per heavy atom. The summed E-state index contributed by atoms with van der Waals surface area (Å²) in [4.78, 5) is 12.4. The van der Waals surface area contributed by atoms with Gasteiger partial charge in [-0.2, -0.15) is 0 Å². The van der Waals surface area contributed by atoms with Crippen molar-refractivity contribution >= 4 is 21.6 Å². The number of nitrogens with zero attached hydrogens (tertiary/aromatic N) is 1. The van der Waals surface area contributed by atoms with Gasteiger partial charge in [0, 0.05) is 18.7 Å². The summed E-state index contributed by atoms with van der Waals surface area (Å²) in [5.41, 5.74) is 8.52. The van der Waals surface area contributed by atoms with E-state index in [1.54, 1.807) is 10.8 Å². The van der Waals surface area contributed by atoms with E-state index in [0.717, 1.165) is 23.3 Å². The maximum Gasteiger partial charge on any atom is 0.265 e. The first-order valence-corrected chi connectivity index (χ1v) is 7.74. The molecule has 0 spiro atoms. The fourth-order valence-electron chi connectivity index (χ4n) is 2.72. The van der Waals surface area contributed by atoms with Crippen LogP contribution in [0.2, 0.25) is 0 Å². The van der Waals surface area contributed by atoms with Crippen molar-refractivity contribution in [1.82, 2.24) is 4.57 Å². The Bertz CT molecular complexity index is 740. The molecule has 21 heavy (non-hydrogen) atoms. The molecule has 0 aliphatic carbocycles. The van der Waals surface area contributed by atoms with Crippen LogP contribution < -0.4 is 16.0 Å². The van der Waals surface area contributed by atoms with E-state index in [0.29, 0.717) is 23.3 Å². The summed E-state index contributed by atoms with van der Waals surface area (Å²) in [5.74, 6) is 1.18. The van der Waals surface area contributed by atoms with Crippen molar-refractivity contribution in [2.75, 3.05) is 12.3 Å². The van der Waals surface area contributed by atoms with Gasteiger partial charge in [-0.15, -0.1) is 0 Å². The van der Waals surface area contributed by atoms with Crippen LogP contribution in [0.3, 0.4) is 0 Å². The van der Waals surface area contributed by atoms with Crippen molar-refractivity contribution in [3.63, 3.8) is 0 Å².